The highest BCUT2D eigenvalue weighted by Gasteiger charge is 2.28. The maximum absolute atomic E-state index is 12.6. The predicted octanol–water partition coefficient (Wildman–Crippen LogP) is 1.26. The van der Waals surface area contributed by atoms with Crippen molar-refractivity contribution in [1.82, 2.24) is 4.90 Å². The first-order chi connectivity index (χ1) is 9.72. The van der Waals surface area contributed by atoms with E-state index in [1.165, 1.54) is 0 Å². The average molecular weight is 286 g/mol. The van der Waals surface area contributed by atoms with Crippen LogP contribution in [0.3, 0.4) is 0 Å². The third kappa shape index (κ3) is 5.77. The zero-order valence-electron chi connectivity index (χ0n) is 13.0. The van der Waals surface area contributed by atoms with E-state index in [2.05, 4.69) is 0 Å². The van der Waals surface area contributed by atoms with Crippen LogP contribution in [-0.2, 0) is 14.3 Å². The fraction of sp³-hybridized carbons (Fsp3) is 0.933. The number of rotatable bonds is 9. The Bertz CT molecular complexity index is 266. The van der Waals surface area contributed by atoms with Crippen molar-refractivity contribution >= 4 is 5.91 Å². The van der Waals surface area contributed by atoms with Crippen LogP contribution < -0.4 is 5.73 Å². The van der Waals surface area contributed by atoms with Gasteiger partial charge >= 0.3 is 0 Å². The first-order valence-corrected chi connectivity index (χ1v) is 7.69. The molecular weight excluding hydrogens is 256 g/mol. The monoisotopic (exact) mass is 286 g/mol. The van der Waals surface area contributed by atoms with E-state index in [0.29, 0.717) is 25.7 Å². The Morgan fingerprint density at radius 3 is 2.30 bits per heavy atom. The lowest BCUT2D eigenvalue weighted by molar-refractivity contribution is -0.137. The summed E-state index contributed by atoms with van der Waals surface area (Å²) in [7, 11) is 3.36. The van der Waals surface area contributed by atoms with Gasteiger partial charge in [0.25, 0.3) is 0 Å². The lowest BCUT2D eigenvalue weighted by Gasteiger charge is -2.31. The van der Waals surface area contributed by atoms with Gasteiger partial charge in [-0.05, 0) is 44.6 Å². The molecule has 20 heavy (non-hydrogen) atoms. The van der Waals surface area contributed by atoms with Crippen molar-refractivity contribution in [2.75, 3.05) is 47.1 Å². The summed E-state index contributed by atoms with van der Waals surface area (Å²) >= 11 is 0. The largest absolute Gasteiger partial charge is 0.385 e. The summed E-state index contributed by atoms with van der Waals surface area (Å²) in [4.78, 5) is 14.5. The lowest BCUT2D eigenvalue weighted by Crippen LogP contribution is -2.40. The van der Waals surface area contributed by atoms with Crippen LogP contribution in [0, 0.1) is 11.8 Å². The number of ether oxygens (including phenoxy) is 2. The van der Waals surface area contributed by atoms with E-state index in [1.54, 1.807) is 14.2 Å². The summed E-state index contributed by atoms with van der Waals surface area (Å²) in [5, 5.41) is 0. The predicted molar refractivity (Wildman–Crippen MR) is 79.5 cm³/mol. The molecular formula is C15H30N2O3. The van der Waals surface area contributed by atoms with Gasteiger partial charge in [-0.15, -0.1) is 0 Å². The lowest BCUT2D eigenvalue weighted by atomic mass is 9.81. The smallest absolute Gasteiger partial charge is 0.225 e. The van der Waals surface area contributed by atoms with Gasteiger partial charge in [-0.1, -0.05) is 0 Å². The minimum absolute atomic E-state index is 0.178. The van der Waals surface area contributed by atoms with Crippen LogP contribution in [0.25, 0.3) is 0 Å². The molecule has 0 aromatic heterocycles. The van der Waals surface area contributed by atoms with Crippen LogP contribution >= 0.6 is 0 Å². The molecule has 118 valence electrons. The van der Waals surface area contributed by atoms with Crippen molar-refractivity contribution in [3.05, 3.63) is 0 Å². The second kappa shape index (κ2) is 10.1. The SMILES string of the molecule is COCCCN(CCOC)C(=O)C1CCC(CN)CC1. The van der Waals surface area contributed by atoms with Gasteiger partial charge < -0.3 is 20.1 Å². The molecule has 0 heterocycles. The van der Waals surface area contributed by atoms with Gasteiger partial charge in [0, 0.05) is 39.8 Å². The minimum atomic E-state index is 0.178. The zero-order chi connectivity index (χ0) is 14.8. The Hall–Kier alpha value is -0.650. The van der Waals surface area contributed by atoms with E-state index in [0.717, 1.165) is 45.2 Å². The molecule has 0 spiro atoms. The minimum Gasteiger partial charge on any atom is -0.385 e. The molecule has 5 nitrogen and oxygen atoms in total. The molecule has 0 aliphatic heterocycles. The Morgan fingerprint density at radius 2 is 1.75 bits per heavy atom. The molecule has 0 saturated heterocycles. The molecule has 2 N–H and O–H groups in total. The molecule has 0 radical (unpaired) electrons. The van der Waals surface area contributed by atoms with Crippen LogP contribution in [0.5, 0.6) is 0 Å². The van der Waals surface area contributed by atoms with Crippen molar-refractivity contribution in [3.63, 3.8) is 0 Å². The summed E-state index contributed by atoms with van der Waals surface area (Å²) in [6, 6.07) is 0. The molecule has 1 rings (SSSR count). The summed E-state index contributed by atoms with van der Waals surface area (Å²) < 4.78 is 10.2. The Labute approximate surface area is 122 Å². The average Bonchev–Trinajstić information content (AvgIpc) is 2.50. The quantitative estimate of drug-likeness (QED) is 0.648. The molecule has 0 aromatic carbocycles. The van der Waals surface area contributed by atoms with E-state index < -0.39 is 0 Å². The number of carbonyl (C=O) groups is 1. The van der Waals surface area contributed by atoms with Crippen LogP contribution in [0.4, 0.5) is 0 Å². The molecule has 0 unspecified atom stereocenters. The first-order valence-electron chi connectivity index (χ1n) is 7.69. The summed E-state index contributed by atoms with van der Waals surface area (Å²) in [5.74, 6) is 1.07. The van der Waals surface area contributed by atoms with Gasteiger partial charge in [0.05, 0.1) is 6.61 Å². The highest BCUT2D eigenvalue weighted by Crippen LogP contribution is 2.29. The molecule has 1 aliphatic rings. The third-order valence-corrected chi connectivity index (χ3v) is 4.18. The Kier molecular flexibility index (Phi) is 8.82. The van der Waals surface area contributed by atoms with Gasteiger partial charge in [-0.25, -0.2) is 0 Å². The van der Waals surface area contributed by atoms with E-state index in [9.17, 15) is 4.79 Å². The molecule has 1 amide bonds. The number of amides is 1. The number of methoxy groups -OCH3 is 2. The zero-order valence-corrected chi connectivity index (χ0v) is 13.0. The van der Waals surface area contributed by atoms with Gasteiger partial charge in [-0.2, -0.15) is 0 Å². The highest BCUT2D eigenvalue weighted by atomic mass is 16.5. The second-order valence-corrected chi connectivity index (χ2v) is 5.62. The molecule has 1 saturated carbocycles. The van der Waals surface area contributed by atoms with E-state index in [4.69, 9.17) is 15.2 Å². The second-order valence-electron chi connectivity index (χ2n) is 5.62. The molecule has 0 bridgehead atoms. The number of nitrogens with two attached hydrogens (primary N) is 1. The topological polar surface area (TPSA) is 64.8 Å². The van der Waals surface area contributed by atoms with Crippen molar-refractivity contribution in [2.45, 2.75) is 32.1 Å². The summed E-state index contributed by atoms with van der Waals surface area (Å²) in [6.07, 6.45) is 5.01. The van der Waals surface area contributed by atoms with Crippen molar-refractivity contribution in [2.24, 2.45) is 17.6 Å². The van der Waals surface area contributed by atoms with E-state index >= 15 is 0 Å². The molecule has 1 aliphatic carbocycles. The molecule has 0 atom stereocenters. The van der Waals surface area contributed by atoms with E-state index in [-0.39, 0.29) is 11.8 Å². The number of carbonyl (C=O) groups excluding carboxylic acids is 1. The Morgan fingerprint density at radius 1 is 1.10 bits per heavy atom. The molecule has 1 fully saturated rings. The molecule has 0 aromatic rings. The number of hydrogen-bond acceptors (Lipinski definition) is 4. The van der Waals surface area contributed by atoms with Crippen LogP contribution in [-0.4, -0.2) is 57.9 Å². The fourth-order valence-corrected chi connectivity index (χ4v) is 2.84. The normalized spacial score (nSPS) is 22.8. The Balaban J connectivity index is 2.44. The van der Waals surface area contributed by atoms with Gasteiger partial charge in [-0.3, -0.25) is 4.79 Å². The maximum atomic E-state index is 12.6. The van der Waals surface area contributed by atoms with Crippen molar-refractivity contribution in [1.29, 1.82) is 0 Å². The highest BCUT2D eigenvalue weighted by molar-refractivity contribution is 5.78. The first kappa shape index (κ1) is 17.4. The van der Waals surface area contributed by atoms with Crippen LogP contribution in [0.15, 0.2) is 0 Å². The fourth-order valence-electron chi connectivity index (χ4n) is 2.84. The van der Waals surface area contributed by atoms with Crippen LogP contribution in [0.1, 0.15) is 32.1 Å². The van der Waals surface area contributed by atoms with Gasteiger partial charge in [0.1, 0.15) is 0 Å². The standard InChI is InChI=1S/C15H30N2O3/c1-19-10-3-8-17(9-11-20-2)15(18)14-6-4-13(12-16)5-7-14/h13-14H,3-12,16H2,1-2H3. The van der Waals surface area contributed by atoms with Crippen molar-refractivity contribution in [3.8, 4) is 0 Å². The molecule has 5 heteroatoms. The summed E-state index contributed by atoms with van der Waals surface area (Å²) in [6.45, 7) is 3.47. The van der Waals surface area contributed by atoms with E-state index in [1.807, 2.05) is 4.90 Å². The maximum Gasteiger partial charge on any atom is 0.225 e. The summed E-state index contributed by atoms with van der Waals surface area (Å²) in [5.41, 5.74) is 5.71. The van der Waals surface area contributed by atoms with Gasteiger partial charge in [0.15, 0.2) is 0 Å². The number of nitrogens with zero attached hydrogens (tertiary/aromatic N) is 1. The van der Waals surface area contributed by atoms with Gasteiger partial charge in [0.2, 0.25) is 5.91 Å². The van der Waals surface area contributed by atoms with Crippen molar-refractivity contribution < 1.29 is 14.3 Å². The number of hydrogen-bond donors (Lipinski definition) is 1. The third-order valence-electron chi connectivity index (χ3n) is 4.18. The van der Waals surface area contributed by atoms with Crippen LogP contribution in [0.2, 0.25) is 0 Å².